The van der Waals surface area contributed by atoms with Gasteiger partial charge in [-0.05, 0) is 38.5 Å². The summed E-state index contributed by atoms with van der Waals surface area (Å²) in [5.74, 6) is -1.74. The van der Waals surface area contributed by atoms with Crippen molar-refractivity contribution in [1.29, 1.82) is 0 Å². The second-order valence-electron chi connectivity index (χ2n) is 19.1. The van der Waals surface area contributed by atoms with E-state index in [1.54, 1.807) is 21.1 Å². The number of quaternary nitrogens is 1. The number of aliphatic carboxylic acids is 1. The molecule has 62 heavy (non-hydrogen) atoms. The standard InChI is InChI=1S/C54H101NO7/c1-6-8-10-12-14-16-18-20-22-24-26-27-29-31-33-35-37-39-41-43-45-53(57)62-50(48-60-47-46-51(54(58)59)55(3,4)5)49-61-52(56)44-42-40-38-36-34-32-30-28-25-23-21-19-17-15-13-11-9-7-2/h23,25,28,30,50-51H,6-22,24,26-27,29,31-49H2,1-5H3/b25-23+,30-28+. The van der Waals surface area contributed by atoms with Crippen LogP contribution in [0.1, 0.15) is 251 Å². The average molecular weight is 876 g/mol. The van der Waals surface area contributed by atoms with E-state index in [4.69, 9.17) is 14.2 Å². The summed E-state index contributed by atoms with van der Waals surface area (Å²) in [6, 6.07) is -0.726. The van der Waals surface area contributed by atoms with Crippen molar-refractivity contribution in [3.8, 4) is 0 Å². The van der Waals surface area contributed by atoms with Crippen molar-refractivity contribution in [3.63, 3.8) is 0 Å². The monoisotopic (exact) mass is 876 g/mol. The molecule has 0 aliphatic rings. The number of carbonyl (C=O) groups is 3. The molecule has 8 nitrogen and oxygen atoms in total. The molecule has 2 atom stereocenters. The van der Waals surface area contributed by atoms with Crippen LogP contribution in [0, 0.1) is 0 Å². The molecule has 0 fully saturated rings. The van der Waals surface area contributed by atoms with E-state index in [0.717, 1.165) is 57.8 Å². The number of hydrogen-bond acceptors (Lipinski definition) is 7. The molecule has 0 saturated carbocycles. The predicted octanol–water partition coefficient (Wildman–Crippen LogP) is 13.9. The third-order valence-corrected chi connectivity index (χ3v) is 12.1. The minimum atomic E-state index is -1.12. The summed E-state index contributed by atoms with van der Waals surface area (Å²) in [4.78, 5) is 37.0. The molecule has 0 bridgehead atoms. The van der Waals surface area contributed by atoms with Gasteiger partial charge < -0.3 is 28.6 Å². The molecule has 0 amide bonds. The zero-order valence-corrected chi connectivity index (χ0v) is 41.6. The lowest BCUT2D eigenvalue weighted by atomic mass is 10.0. The molecule has 0 aromatic rings. The number of ether oxygens (including phenoxy) is 3. The second kappa shape index (κ2) is 45.4. The third-order valence-electron chi connectivity index (χ3n) is 12.1. The highest BCUT2D eigenvalue weighted by atomic mass is 16.6. The number of carbonyl (C=O) groups excluding carboxylic acids is 3. The Morgan fingerprint density at radius 2 is 0.839 bits per heavy atom. The normalized spacial score (nSPS) is 13.0. The number of rotatable bonds is 48. The van der Waals surface area contributed by atoms with E-state index in [1.807, 2.05) is 0 Å². The fraction of sp³-hybridized carbons (Fsp3) is 0.870. The Kier molecular flexibility index (Phi) is 43.8. The number of allylic oxidation sites excluding steroid dienone is 4. The Morgan fingerprint density at radius 1 is 0.484 bits per heavy atom. The molecule has 0 aromatic carbocycles. The van der Waals surface area contributed by atoms with Crippen LogP contribution in [0.4, 0.5) is 0 Å². The fourth-order valence-electron chi connectivity index (χ4n) is 8.01. The van der Waals surface area contributed by atoms with Gasteiger partial charge in [0.05, 0.1) is 40.3 Å². The number of carboxylic acid groups (broad SMARTS) is 1. The van der Waals surface area contributed by atoms with E-state index in [9.17, 15) is 19.5 Å². The summed E-state index contributed by atoms with van der Waals surface area (Å²) >= 11 is 0. The Hall–Kier alpha value is -2.19. The second-order valence-corrected chi connectivity index (χ2v) is 19.1. The van der Waals surface area contributed by atoms with Crippen LogP contribution in [0.3, 0.4) is 0 Å². The molecule has 0 N–H and O–H groups in total. The van der Waals surface area contributed by atoms with Gasteiger partial charge in [0.2, 0.25) is 0 Å². The van der Waals surface area contributed by atoms with Gasteiger partial charge in [-0.2, -0.15) is 0 Å². The van der Waals surface area contributed by atoms with Gasteiger partial charge in [-0.15, -0.1) is 0 Å². The number of nitrogens with zero attached hydrogens (tertiary/aromatic N) is 1. The van der Waals surface area contributed by atoms with E-state index in [0.29, 0.717) is 12.8 Å². The molecule has 0 saturated heterocycles. The van der Waals surface area contributed by atoms with Crippen LogP contribution >= 0.6 is 0 Å². The van der Waals surface area contributed by atoms with E-state index in [2.05, 4.69) is 38.2 Å². The molecule has 0 aromatic heterocycles. The van der Waals surface area contributed by atoms with Crippen molar-refractivity contribution in [2.45, 2.75) is 264 Å². The molecule has 0 aliphatic carbocycles. The van der Waals surface area contributed by atoms with E-state index < -0.39 is 18.1 Å². The summed E-state index contributed by atoms with van der Waals surface area (Å²) in [6.07, 6.45) is 52.1. The molecule has 0 heterocycles. The lowest BCUT2D eigenvalue weighted by Crippen LogP contribution is -2.55. The summed E-state index contributed by atoms with van der Waals surface area (Å²) in [5.41, 5.74) is 0. The van der Waals surface area contributed by atoms with Crippen LogP contribution in [-0.4, -0.2) is 75.5 Å². The lowest BCUT2D eigenvalue weighted by molar-refractivity contribution is -0.889. The highest BCUT2D eigenvalue weighted by molar-refractivity contribution is 5.70. The lowest BCUT2D eigenvalue weighted by Gasteiger charge is -2.34. The maximum atomic E-state index is 12.8. The molecule has 8 heteroatoms. The summed E-state index contributed by atoms with van der Waals surface area (Å²) in [7, 11) is 5.42. The summed E-state index contributed by atoms with van der Waals surface area (Å²) < 4.78 is 17.3. The first-order valence-electron chi connectivity index (χ1n) is 26.4. The Labute approximate surface area is 383 Å². The maximum absolute atomic E-state index is 12.8. The van der Waals surface area contributed by atoms with Crippen LogP contribution in [0.15, 0.2) is 24.3 Å². The van der Waals surface area contributed by atoms with Gasteiger partial charge in [-0.1, -0.05) is 218 Å². The SMILES string of the molecule is CCCCCCCCC/C=C/C=C/CCCCCCCC(=O)OCC(COCCC(C(=O)[O-])[N+](C)(C)C)OC(=O)CCCCCCCCCCCCCCCCCCCCCC. The van der Waals surface area contributed by atoms with Gasteiger partial charge in [0, 0.05) is 19.3 Å². The van der Waals surface area contributed by atoms with Crippen LogP contribution in [-0.2, 0) is 28.6 Å². The van der Waals surface area contributed by atoms with Crippen molar-refractivity contribution in [1.82, 2.24) is 0 Å². The molecule has 0 rings (SSSR count). The maximum Gasteiger partial charge on any atom is 0.306 e. The first kappa shape index (κ1) is 59.8. The number of carboxylic acids is 1. The molecular weight excluding hydrogens is 775 g/mol. The van der Waals surface area contributed by atoms with Crippen LogP contribution in [0.25, 0.3) is 0 Å². The molecule has 2 unspecified atom stereocenters. The number of likely N-dealkylation sites (N-methyl/N-ethyl adjacent to an activating group) is 1. The minimum absolute atomic E-state index is 0.0403. The van der Waals surface area contributed by atoms with Gasteiger partial charge >= 0.3 is 11.9 Å². The van der Waals surface area contributed by atoms with Crippen LogP contribution in [0.5, 0.6) is 0 Å². The van der Waals surface area contributed by atoms with Crippen molar-refractivity contribution < 1.29 is 38.2 Å². The van der Waals surface area contributed by atoms with E-state index >= 15 is 0 Å². The summed E-state index contributed by atoms with van der Waals surface area (Å²) in [6.45, 7) is 4.69. The Bertz CT molecular complexity index is 1070. The minimum Gasteiger partial charge on any atom is -0.544 e. The average Bonchev–Trinajstić information content (AvgIpc) is 3.23. The topological polar surface area (TPSA) is 102 Å². The highest BCUT2D eigenvalue weighted by Crippen LogP contribution is 2.16. The van der Waals surface area contributed by atoms with Gasteiger partial charge in [-0.3, -0.25) is 9.59 Å². The van der Waals surface area contributed by atoms with Crippen molar-refractivity contribution >= 4 is 17.9 Å². The van der Waals surface area contributed by atoms with E-state index in [1.165, 1.54) is 161 Å². The van der Waals surface area contributed by atoms with Crippen LogP contribution in [0.2, 0.25) is 0 Å². The quantitative estimate of drug-likeness (QED) is 0.0260. The van der Waals surface area contributed by atoms with Crippen LogP contribution < -0.4 is 5.11 Å². The third kappa shape index (κ3) is 43.1. The highest BCUT2D eigenvalue weighted by Gasteiger charge is 2.25. The van der Waals surface area contributed by atoms with Gasteiger partial charge in [-0.25, -0.2) is 0 Å². The smallest absolute Gasteiger partial charge is 0.306 e. The molecule has 364 valence electrons. The van der Waals surface area contributed by atoms with Crippen molar-refractivity contribution in [3.05, 3.63) is 24.3 Å². The largest absolute Gasteiger partial charge is 0.544 e. The van der Waals surface area contributed by atoms with Gasteiger partial charge in [0.1, 0.15) is 12.6 Å². The fourth-order valence-corrected chi connectivity index (χ4v) is 8.01. The Balaban J connectivity index is 4.23. The van der Waals surface area contributed by atoms with Gasteiger partial charge in [0.15, 0.2) is 6.10 Å². The first-order chi connectivity index (χ1) is 30.1. The number of hydrogen-bond donors (Lipinski definition) is 0. The molecule has 0 spiro atoms. The number of esters is 2. The molecule has 0 aliphatic heterocycles. The van der Waals surface area contributed by atoms with Crippen molar-refractivity contribution in [2.24, 2.45) is 0 Å². The predicted molar refractivity (Wildman–Crippen MR) is 259 cm³/mol. The first-order valence-corrected chi connectivity index (χ1v) is 26.4. The zero-order valence-electron chi connectivity index (χ0n) is 41.6. The van der Waals surface area contributed by atoms with E-state index in [-0.39, 0.29) is 42.7 Å². The molecular formula is C54H101NO7. The zero-order chi connectivity index (χ0) is 45.6. The van der Waals surface area contributed by atoms with Crippen molar-refractivity contribution in [2.75, 3.05) is 41.0 Å². The Morgan fingerprint density at radius 3 is 1.21 bits per heavy atom. The number of unbranched alkanes of at least 4 members (excludes halogenated alkanes) is 31. The molecule has 0 radical (unpaired) electrons. The van der Waals surface area contributed by atoms with Gasteiger partial charge in [0.25, 0.3) is 0 Å². The summed E-state index contributed by atoms with van der Waals surface area (Å²) in [5, 5.41) is 11.7.